The van der Waals surface area contributed by atoms with Crippen molar-refractivity contribution in [2.24, 2.45) is 0 Å². The van der Waals surface area contributed by atoms with Gasteiger partial charge in [0.15, 0.2) is 5.69 Å². The largest absolute Gasteiger partial charge is 0.476 e. The molecule has 5 nitrogen and oxygen atoms in total. The Kier molecular flexibility index (Phi) is 3.12. The van der Waals surface area contributed by atoms with Crippen molar-refractivity contribution in [3.05, 3.63) is 12.0 Å². The minimum absolute atomic E-state index is 0.0218. The van der Waals surface area contributed by atoms with Crippen LogP contribution in [-0.2, 0) is 0 Å². The smallest absolute Gasteiger partial charge is 0.357 e. The van der Waals surface area contributed by atoms with Gasteiger partial charge in [0.1, 0.15) is 6.26 Å². The van der Waals surface area contributed by atoms with Crippen molar-refractivity contribution >= 4 is 12.0 Å². The highest BCUT2D eigenvalue weighted by molar-refractivity contribution is 5.85. The van der Waals surface area contributed by atoms with Crippen LogP contribution in [0.15, 0.2) is 10.7 Å². The summed E-state index contributed by atoms with van der Waals surface area (Å²) in [4.78, 5) is 16.7. The minimum Gasteiger partial charge on any atom is -0.476 e. The summed E-state index contributed by atoms with van der Waals surface area (Å²) in [5.74, 6) is -1.04. The van der Waals surface area contributed by atoms with Gasteiger partial charge in [-0.25, -0.2) is 4.79 Å². The molecule has 1 N–H and O–H groups in total. The number of anilines is 1. The molecule has 0 atom stereocenters. The summed E-state index contributed by atoms with van der Waals surface area (Å²) in [6, 6.07) is 0.886. The molecule has 0 amide bonds. The van der Waals surface area contributed by atoms with Gasteiger partial charge in [0.05, 0.1) is 0 Å². The standard InChI is InChI=1S/C11H16N2O3/c1-2-13(8-5-3-4-6-8)11-12-9(7-16-11)10(14)15/h7-8H,2-6H2,1H3,(H,14,15). The second kappa shape index (κ2) is 4.55. The van der Waals surface area contributed by atoms with Gasteiger partial charge in [-0.3, -0.25) is 0 Å². The van der Waals surface area contributed by atoms with Crippen LogP contribution in [0.2, 0.25) is 0 Å². The van der Waals surface area contributed by atoms with Crippen molar-refractivity contribution in [1.29, 1.82) is 0 Å². The lowest BCUT2D eigenvalue weighted by atomic mass is 10.2. The summed E-state index contributed by atoms with van der Waals surface area (Å²) < 4.78 is 5.23. The number of carbonyl (C=O) groups is 1. The molecule has 1 aromatic heterocycles. The summed E-state index contributed by atoms with van der Waals surface area (Å²) >= 11 is 0. The Balaban J connectivity index is 2.15. The molecule has 0 radical (unpaired) electrons. The first-order valence-corrected chi connectivity index (χ1v) is 5.68. The highest BCUT2D eigenvalue weighted by Gasteiger charge is 2.25. The molecule has 5 heteroatoms. The summed E-state index contributed by atoms with van der Waals surface area (Å²) in [6.07, 6.45) is 5.94. The van der Waals surface area contributed by atoms with Gasteiger partial charge >= 0.3 is 5.97 Å². The third-order valence-electron chi connectivity index (χ3n) is 3.06. The molecule has 88 valence electrons. The van der Waals surface area contributed by atoms with E-state index in [1.165, 1.54) is 19.1 Å². The van der Waals surface area contributed by atoms with E-state index in [2.05, 4.69) is 9.88 Å². The molecule has 1 saturated carbocycles. The fourth-order valence-electron chi connectivity index (χ4n) is 2.26. The molecule has 2 rings (SSSR count). The molecule has 1 heterocycles. The first-order valence-electron chi connectivity index (χ1n) is 5.68. The van der Waals surface area contributed by atoms with Gasteiger partial charge in [0.2, 0.25) is 0 Å². The molecular weight excluding hydrogens is 208 g/mol. The maximum atomic E-state index is 10.7. The van der Waals surface area contributed by atoms with Gasteiger partial charge in [-0.15, -0.1) is 0 Å². The average molecular weight is 224 g/mol. The zero-order valence-corrected chi connectivity index (χ0v) is 9.35. The SMILES string of the molecule is CCN(c1nc(C(=O)O)co1)C1CCCC1. The number of rotatable bonds is 4. The number of carboxylic acids is 1. The second-order valence-electron chi connectivity index (χ2n) is 4.04. The van der Waals surface area contributed by atoms with E-state index in [9.17, 15) is 4.79 Å². The molecule has 1 aliphatic rings. The molecule has 16 heavy (non-hydrogen) atoms. The normalized spacial score (nSPS) is 16.6. The Morgan fingerprint density at radius 2 is 2.31 bits per heavy atom. The highest BCUT2D eigenvalue weighted by Crippen LogP contribution is 2.27. The van der Waals surface area contributed by atoms with Crippen LogP contribution in [0.4, 0.5) is 6.01 Å². The molecule has 0 aliphatic heterocycles. The fourth-order valence-corrected chi connectivity index (χ4v) is 2.26. The van der Waals surface area contributed by atoms with Gasteiger partial charge in [0.25, 0.3) is 6.01 Å². The number of hydrogen-bond acceptors (Lipinski definition) is 4. The number of aromatic carboxylic acids is 1. The minimum atomic E-state index is -1.04. The van der Waals surface area contributed by atoms with Gasteiger partial charge < -0.3 is 14.4 Å². The summed E-state index contributed by atoms with van der Waals surface area (Å²) in [5.41, 5.74) is -0.0218. The summed E-state index contributed by atoms with van der Waals surface area (Å²) in [5, 5.41) is 8.78. The monoisotopic (exact) mass is 224 g/mol. The molecule has 0 bridgehead atoms. The molecule has 0 saturated heterocycles. The molecule has 0 unspecified atom stereocenters. The fraction of sp³-hybridized carbons (Fsp3) is 0.636. The van der Waals surface area contributed by atoms with Crippen molar-refractivity contribution in [3.8, 4) is 0 Å². The van der Waals surface area contributed by atoms with E-state index < -0.39 is 5.97 Å². The van der Waals surface area contributed by atoms with Crippen LogP contribution >= 0.6 is 0 Å². The van der Waals surface area contributed by atoms with E-state index in [4.69, 9.17) is 9.52 Å². The molecular formula is C11H16N2O3. The molecule has 1 fully saturated rings. The molecule has 1 aliphatic carbocycles. The zero-order chi connectivity index (χ0) is 11.5. The van der Waals surface area contributed by atoms with Crippen LogP contribution in [-0.4, -0.2) is 28.6 Å². The predicted octanol–water partition coefficient (Wildman–Crippen LogP) is 2.14. The lowest BCUT2D eigenvalue weighted by Gasteiger charge is -2.25. The van der Waals surface area contributed by atoms with Gasteiger partial charge in [0, 0.05) is 12.6 Å². The topological polar surface area (TPSA) is 66.6 Å². The van der Waals surface area contributed by atoms with Gasteiger partial charge in [-0.1, -0.05) is 12.8 Å². The van der Waals surface area contributed by atoms with E-state index in [1.54, 1.807) is 0 Å². The lowest BCUT2D eigenvalue weighted by Crippen LogP contribution is -2.33. The van der Waals surface area contributed by atoms with Crippen molar-refractivity contribution in [3.63, 3.8) is 0 Å². The second-order valence-corrected chi connectivity index (χ2v) is 4.04. The molecule has 0 spiro atoms. The van der Waals surface area contributed by atoms with E-state index in [0.717, 1.165) is 19.4 Å². The summed E-state index contributed by atoms with van der Waals surface area (Å²) in [6.45, 7) is 2.83. The van der Waals surface area contributed by atoms with Crippen LogP contribution in [0, 0.1) is 0 Å². The van der Waals surface area contributed by atoms with Gasteiger partial charge in [-0.2, -0.15) is 4.98 Å². The number of aromatic nitrogens is 1. The predicted molar refractivity (Wildman–Crippen MR) is 58.7 cm³/mol. The van der Waals surface area contributed by atoms with Crippen molar-refractivity contribution in [2.45, 2.75) is 38.6 Å². The van der Waals surface area contributed by atoms with Crippen LogP contribution < -0.4 is 4.90 Å². The molecule has 0 aromatic carbocycles. The first-order chi connectivity index (χ1) is 7.72. The van der Waals surface area contributed by atoms with Crippen molar-refractivity contribution in [2.75, 3.05) is 11.4 Å². The maximum absolute atomic E-state index is 10.7. The lowest BCUT2D eigenvalue weighted by molar-refractivity contribution is 0.0690. The van der Waals surface area contributed by atoms with Gasteiger partial charge in [-0.05, 0) is 19.8 Å². The van der Waals surface area contributed by atoms with Crippen molar-refractivity contribution in [1.82, 2.24) is 4.98 Å². The first kappa shape index (κ1) is 11.0. The third-order valence-corrected chi connectivity index (χ3v) is 3.06. The Morgan fingerprint density at radius 1 is 1.62 bits per heavy atom. The maximum Gasteiger partial charge on any atom is 0.357 e. The quantitative estimate of drug-likeness (QED) is 0.848. The highest BCUT2D eigenvalue weighted by atomic mass is 16.4. The molecule has 1 aromatic rings. The third kappa shape index (κ3) is 2.03. The Bertz CT molecular complexity index is 369. The van der Waals surface area contributed by atoms with E-state index in [1.807, 2.05) is 6.92 Å². The summed E-state index contributed by atoms with van der Waals surface area (Å²) in [7, 11) is 0. The van der Waals surface area contributed by atoms with Crippen LogP contribution in [0.5, 0.6) is 0 Å². The van der Waals surface area contributed by atoms with E-state index in [0.29, 0.717) is 12.1 Å². The number of carboxylic acid groups (broad SMARTS) is 1. The number of nitrogens with zero attached hydrogens (tertiary/aromatic N) is 2. The Morgan fingerprint density at radius 3 is 2.81 bits per heavy atom. The van der Waals surface area contributed by atoms with E-state index in [-0.39, 0.29) is 5.69 Å². The van der Waals surface area contributed by atoms with Crippen molar-refractivity contribution < 1.29 is 14.3 Å². The Hall–Kier alpha value is -1.52. The van der Waals surface area contributed by atoms with Crippen LogP contribution in [0.3, 0.4) is 0 Å². The zero-order valence-electron chi connectivity index (χ0n) is 9.35. The number of oxazole rings is 1. The van der Waals surface area contributed by atoms with E-state index >= 15 is 0 Å². The Labute approximate surface area is 94.1 Å². The van der Waals surface area contributed by atoms with Crippen LogP contribution in [0.1, 0.15) is 43.1 Å². The van der Waals surface area contributed by atoms with Crippen LogP contribution in [0.25, 0.3) is 0 Å². The average Bonchev–Trinajstić information content (AvgIpc) is 2.88. The number of hydrogen-bond donors (Lipinski definition) is 1.